The average molecular weight is 168 g/mol. The van der Waals surface area contributed by atoms with Gasteiger partial charge in [-0.2, -0.15) is 11.8 Å². The topological polar surface area (TPSA) is 0 Å². The van der Waals surface area contributed by atoms with Crippen molar-refractivity contribution in [3.63, 3.8) is 0 Å². The van der Waals surface area contributed by atoms with Gasteiger partial charge in [0.15, 0.2) is 0 Å². The molecule has 0 aromatic heterocycles. The maximum absolute atomic E-state index is 13.1. The van der Waals surface area contributed by atoms with Gasteiger partial charge in [0.05, 0.1) is 0 Å². The second-order valence-electron chi connectivity index (χ2n) is 2.76. The first-order chi connectivity index (χ1) is 5.38. The highest BCUT2D eigenvalue weighted by Crippen LogP contribution is 2.34. The molecule has 0 unspecified atom stereocenters. The van der Waals surface area contributed by atoms with Crippen LogP contribution in [0.3, 0.4) is 0 Å². The molecule has 0 aliphatic carbocycles. The van der Waals surface area contributed by atoms with Crippen LogP contribution in [0, 0.1) is 5.82 Å². The molecule has 1 saturated heterocycles. The number of thioether (sulfide) groups is 1. The Morgan fingerprint density at radius 1 is 1.27 bits per heavy atom. The van der Waals surface area contributed by atoms with E-state index in [-0.39, 0.29) is 5.82 Å². The van der Waals surface area contributed by atoms with E-state index in [9.17, 15) is 4.39 Å². The summed E-state index contributed by atoms with van der Waals surface area (Å²) in [4.78, 5) is 0. The Morgan fingerprint density at radius 3 is 2.55 bits per heavy atom. The molecule has 0 radical (unpaired) electrons. The summed E-state index contributed by atoms with van der Waals surface area (Å²) in [5.41, 5.74) is 0.895. The van der Waals surface area contributed by atoms with Crippen LogP contribution in [0.4, 0.5) is 4.39 Å². The quantitative estimate of drug-likeness (QED) is 0.621. The zero-order chi connectivity index (χ0) is 7.68. The van der Waals surface area contributed by atoms with Gasteiger partial charge in [-0.05, 0) is 11.6 Å². The monoisotopic (exact) mass is 168 g/mol. The highest BCUT2D eigenvalue weighted by Gasteiger charge is 2.22. The van der Waals surface area contributed by atoms with Crippen molar-refractivity contribution in [1.82, 2.24) is 0 Å². The first-order valence-electron chi connectivity index (χ1n) is 3.70. The third kappa shape index (κ3) is 1.27. The Balaban J connectivity index is 2.28. The molecule has 0 saturated carbocycles. The molecule has 1 aromatic rings. The predicted molar refractivity (Wildman–Crippen MR) is 46.5 cm³/mol. The van der Waals surface area contributed by atoms with Gasteiger partial charge in [0.1, 0.15) is 5.82 Å². The molecule has 1 heterocycles. The molecule has 0 atom stereocenters. The predicted octanol–water partition coefficient (Wildman–Crippen LogP) is 2.66. The van der Waals surface area contributed by atoms with Gasteiger partial charge in [0.25, 0.3) is 0 Å². The molecule has 1 fully saturated rings. The third-order valence-electron chi connectivity index (χ3n) is 1.98. The largest absolute Gasteiger partial charge is 0.207 e. The van der Waals surface area contributed by atoms with Crippen molar-refractivity contribution in [3.05, 3.63) is 35.6 Å². The van der Waals surface area contributed by atoms with Gasteiger partial charge in [-0.25, -0.2) is 4.39 Å². The summed E-state index contributed by atoms with van der Waals surface area (Å²) >= 11 is 1.88. The van der Waals surface area contributed by atoms with Crippen LogP contribution in [-0.2, 0) is 0 Å². The van der Waals surface area contributed by atoms with Gasteiger partial charge in [0, 0.05) is 17.4 Å². The minimum absolute atomic E-state index is 0.0437. The molecule has 58 valence electrons. The van der Waals surface area contributed by atoms with Crippen LogP contribution in [0.1, 0.15) is 11.5 Å². The van der Waals surface area contributed by atoms with Crippen LogP contribution >= 0.6 is 11.8 Å². The molecule has 0 bridgehead atoms. The lowest BCUT2D eigenvalue weighted by molar-refractivity contribution is 0.597. The van der Waals surface area contributed by atoms with Gasteiger partial charge in [-0.1, -0.05) is 18.2 Å². The van der Waals surface area contributed by atoms with Gasteiger partial charge in [-0.3, -0.25) is 0 Å². The smallest absolute Gasteiger partial charge is 0.126 e. The van der Waals surface area contributed by atoms with Crippen LogP contribution in [-0.4, -0.2) is 11.5 Å². The van der Waals surface area contributed by atoms with Gasteiger partial charge >= 0.3 is 0 Å². The van der Waals surface area contributed by atoms with Crippen LogP contribution in [0.15, 0.2) is 24.3 Å². The van der Waals surface area contributed by atoms with Gasteiger partial charge in [0.2, 0.25) is 0 Å². The highest BCUT2D eigenvalue weighted by atomic mass is 32.2. The lowest BCUT2D eigenvalue weighted by atomic mass is 10.0. The maximum atomic E-state index is 13.1. The van der Waals surface area contributed by atoms with Crippen LogP contribution in [0.25, 0.3) is 0 Å². The lowest BCUT2D eigenvalue weighted by Crippen LogP contribution is -2.16. The van der Waals surface area contributed by atoms with E-state index in [4.69, 9.17) is 0 Å². The Hall–Kier alpha value is -0.500. The second kappa shape index (κ2) is 2.86. The molecule has 1 aliphatic rings. The average Bonchev–Trinajstić information content (AvgIpc) is 1.90. The van der Waals surface area contributed by atoms with Gasteiger partial charge in [-0.15, -0.1) is 0 Å². The SMILES string of the molecule is Fc1ccccc1C1CSC1. The van der Waals surface area contributed by atoms with E-state index in [1.54, 1.807) is 12.1 Å². The van der Waals surface area contributed by atoms with E-state index >= 15 is 0 Å². The van der Waals surface area contributed by atoms with Crippen LogP contribution in [0.2, 0.25) is 0 Å². The minimum atomic E-state index is -0.0437. The second-order valence-corrected chi connectivity index (χ2v) is 3.83. The fourth-order valence-electron chi connectivity index (χ4n) is 1.22. The zero-order valence-corrected chi connectivity index (χ0v) is 6.90. The molecule has 2 rings (SSSR count). The van der Waals surface area contributed by atoms with E-state index in [0.29, 0.717) is 5.92 Å². The summed E-state index contributed by atoms with van der Waals surface area (Å²) in [5.74, 6) is 2.60. The minimum Gasteiger partial charge on any atom is -0.207 e. The van der Waals surface area contributed by atoms with Crippen LogP contribution < -0.4 is 0 Å². The molecule has 0 amide bonds. The Kier molecular flexibility index (Phi) is 1.86. The third-order valence-corrected chi connectivity index (χ3v) is 3.26. The van der Waals surface area contributed by atoms with Crippen molar-refractivity contribution in [3.8, 4) is 0 Å². The van der Waals surface area contributed by atoms with E-state index in [1.165, 1.54) is 0 Å². The summed E-state index contributed by atoms with van der Waals surface area (Å²) in [6.07, 6.45) is 0. The summed E-state index contributed by atoms with van der Waals surface area (Å²) < 4.78 is 13.1. The van der Waals surface area contributed by atoms with E-state index < -0.39 is 0 Å². The Morgan fingerprint density at radius 2 is 2.00 bits per heavy atom. The van der Waals surface area contributed by atoms with Crippen molar-refractivity contribution in [2.45, 2.75) is 5.92 Å². The molecular weight excluding hydrogens is 159 g/mol. The van der Waals surface area contributed by atoms with E-state index in [0.717, 1.165) is 17.1 Å². The summed E-state index contributed by atoms with van der Waals surface area (Å²) in [7, 11) is 0. The van der Waals surface area contributed by atoms with E-state index in [1.807, 2.05) is 23.9 Å². The number of benzene rings is 1. The molecule has 0 nitrogen and oxygen atoms in total. The van der Waals surface area contributed by atoms with Crippen molar-refractivity contribution < 1.29 is 4.39 Å². The van der Waals surface area contributed by atoms with Crippen molar-refractivity contribution in [2.24, 2.45) is 0 Å². The molecule has 0 spiro atoms. The molecule has 1 aromatic carbocycles. The Labute approximate surface area is 69.8 Å². The Bertz CT molecular complexity index is 255. The number of hydrogen-bond donors (Lipinski definition) is 0. The molecule has 11 heavy (non-hydrogen) atoms. The number of rotatable bonds is 1. The van der Waals surface area contributed by atoms with E-state index in [2.05, 4.69) is 0 Å². The highest BCUT2D eigenvalue weighted by molar-refractivity contribution is 8.00. The molecule has 1 aliphatic heterocycles. The summed E-state index contributed by atoms with van der Waals surface area (Å²) in [6, 6.07) is 7.07. The zero-order valence-electron chi connectivity index (χ0n) is 6.09. The maximum Gasteiger partial charge on any atom is 0.126 e. The number of hydrogen-bond acceptors (Lipinski definition) is 1. The first kappa shape index (κ1) is 7.17. The summed E-state index contributed by atoms with van der Waals surface area (Å²) in [5, 5.41) is 0. The standard InChI is InChI=1S/C9H9FS/c10-9-4-2-1-3-8(9)7-5-11-6-7/h1-4,7H,5-6H2. The molecule has 2 heteroatoms. The normalized spacial score (nSPS) is 17.9. The van der Waals surface area contributed by atoms with Crippen molar-refractivity contribution >= 4 is 11.8 Å². The van der Waals surface area contributed by atoms with Crippen molar-refractivity contribution in [1.29, 1.82) is 0 Å². The first-order valence-corrected chi connectivity index (χ1v) is 4.85. The molecular formula is C9H9FS. The summed E-state index contributed by atoms with van der Waals surface area (Å²) in [6.45, 7) is 0. The molecule has 0 N–H and O–H groups in total. The fraction of sp³-hybridized carbons (Fsp3) is 0.333. The fourth-order valence-corrected chi connectivity index (χ4v) is 2.05. The van der Waals surface area contributed by atoms with Gasteiger partial charge < -0.3 is 0 Å². The van der Waals surface area contributed by atoms with Crippen LogP contribution in [0.5, 0.6) is 0 Å². The lowest BCUT2D eigenvalue weighted by Gasteiger charge is -2.25. The number of halogens is 1. The van der Waals surface area contributed by atoms with Crippen molar-refractivity contribution in [2.75, 3.05) is 11.5 Å².